The second kappa shape index (κ2) is 7.55. The number of halogens is 1. The number of carbonyl (C=O) groups excluding carboxylic acids is 1. The molecule has 25 heavy (non-hydrogen) atoms. The van der Waals surface area contributed by atoms with E-state index >= 15 is 0 Å². The van der Waals surface area contributed by atoms with Crippen molar-refractivity contribution in [2.24, 2.45) is 5.14 Å². The van der Waals surface area contributed by atoms with Gasteiger partial charge in [-0.15, -0.1) is 0 Å². The average Bonchev–Trinajstić information content (AvgIpc) is 2.55. The third-order valence-electron chi connectivity index (χ3n) is 3.04. The summed E-state index contributed by atoms with van der Waals surface area (Å²) in [5.41, 5.74) is 6.23. The lowest BCUT2D eigenvalue weighted by Gasteiger charge is -2.13. The van der Waals surface area contributed by atoms with Gasteiger partial charge in [-0.3, -0.25) is 5.43 Å². The predicted molar refractivity (Wildman–Crippen MR) is 94.1 cm³/mol. The molecule has 2 amide bonds. The second-order valence-corrected chi connectivity index (χ2v) is 6.92. The van der Waals surface area contributed by atoms with Crippen LogP contribution in [0.2, 0.25) is 5.02 Å². The number of hydrogen-bond donors (Lipinski definition) is 4. The maximum absolute atomic E-state index is 11.9. The van der Waals surface area contributed by atoms with Gasteiger partial charge in [0.25, 0.3) is 0 Å². The van der Waals surface area contributed by atoms with E-state index in [2.05, 4.69) is 21.2 Å². The van der Waals surface area contributed by atoms with Gasteiger partial charge in [0.15, 0.2) is 11.6 Å². The predicted octanol–water partition coefficient (Wildman–Crippen LogP) is 1.85. The lowest BCUT2D eigenvalue weighted by Crippen LogP contribution is -2.34. The minimum Gasteiger partial charge on any atom is -0.493 e. The molecule has 134 valence electrons. The Kier molecular flexibility index (Phi) is 5.67. The number of ether oxygens (including phenoxy) is 1. The number of nitrogens with one attached hydrogen (secondary N) is 3. The molecule has 0 spiro atoms. The van der Waals surface area contributed by atoms with Gasteiger partial charge in [0.05, 0.1) is 17.8 Å². The third-order valence-corrected chi connectivity index (χ3v) is 4.25. The molecule has 9 nitrogen and oxygen atoms in total. The Bertz CT molecular complexity index is 904. The van der Waals surface area contributed by atoms with Crippen LogP contribution in [0.5, 0.6) is 5.75 Å². The first kappa shape index (κ1) is 18.8. The van der Waals surface area contributed by atoms with Crippen molar-refractivity contribution in [3.05, 3.63) is 41.0 Å². The van der Waals surface area contributed by atoms with Gasteiger partial charge < -0.3 is 10.1 Å². The minimum absolute atomic E-state index is 0.0837. The molecular weight excluding hydrogens is 370 g/mol. The molecule has 0 aliphatic carbocycles. The monoisotopic (exact) mass is 385 g/mol. The van der Waals surface area contributed by atoms with Crippen molar-refractivity contribution < 1.29 is 17.9 Å². The highest BCUT2D eigenvalue weighted by Crippen LogP contribution is 2.24. The van der Waals surface area contributed by atoms with Gasteiger partial charge in [0.2, 0.25) is 10.0 Å². The van der Waals surface area contributed by atoms with Crippen molar-refractivity contribution in [2.75, 3.05) is 17.9 Å². The van der Waals surface area contributed by atoms with E-state index in [1.54, 1.807) is 12.1 Å². The molecule has 0 fully saturated rings. The lowest BCUT2D eigenvalue weighted by atomic mass is 10.2. The van der Waals surface area contributed by atoms with E-state index in [0.29, 0.717) is 10.7 Å². The molecule has 0 unspecified atom stereocenters. The molecule has 0 bridgehead atoms. The molecule has 0 saturated heterocycles. The summed E-state index contributed by atoms with van der Waals surface area (Å²) in [6, 6.07) is 5.76. The highest BCUT2D eigenvalue weighted by molar-refractivity contribution is 7.89. The maximum atomic E-state index is 11.9. The smallest absolute Gasteiger partial charge is 0.337 e. The quantitative estimate of drug-likeness (QED) is 0.580. The topological polar surface area (TPSA) is 135 Å². The fourth-order valence-electron chi connectivity index (χ4n) is 1.84. The van der Waals surface area contributed by atoms with Crippen molar-refractivity contribution in [1.29, 1.82) is 0 Å². The van der Waals surface area contributed by atoms with Crippen molar-refractivity contribution >= 4 is 39.2 Å². The van der Waals surface area contributed by atoms with Gasteiger partial charge in [-0.25, -0.2) is 28.8 Å². The first-order valence-electron chi connectivity index (χ1n) is 6.86. The van der Waals surface area contributed by atoms with E-state index in [1.807, 2.05) is 13.0 Å². The van der Waals surface area contributed by atoms with E-state index < -0.39 is 16.1 Å². The Hall–Kier alpha value is -2.56. The van der Waals surface area contributed by atoms with Crippen molar-refractivity contribution in [3.63, 3.8) is 0 Å². The number of carbonyl (C=O) groups is 1. The number of benzene rings is 1. The number of primary sulfonamides is 1. The van der Waals surface area contributed by atoms with Crippen molar-refractivity contribution in [3.8, 4) is 5.75 Å². The number of methoxy groups -OCH3 is 1. The van der Waals surface area contributed by atoms with Gasteiger partial charge in [0, 0.05) is 12.3 Å². The van der Waals surface area contributed by atoms with E-state index in [1.165, 1.54) is 13.2 Å². The highest BCUT2D eigenvalue weighted by Gasteiger charge is 2.14. The van der Waals surface area contributed by atoms with Crippen LogP contribution in [0.25, 0.3) is 0 Å². The zero-order valence-corrected chi connectivity index (χ0v) is 14.9. The number of pyridine rings is 1. The summed E-state index contributed by atoms with van der Waals surface area (Å²) in [5, 5.41) is 7.98. The van der Waals surface area contributed by atoms with Gasteiger partial charge in [0.1, 0.15) is 4.90 Å². The SMILES string of the molecule is COc1cc(S(N)(=O)=O)cnc1NNC(=O)Nc1cc(C)ccc1Cl. The van der Waals surface area contributed by atoms with Gasteiger partial charge in [-0.1, -0.05) is 17.7 Å². The second-order valence-electron chi connectivity index (χ2n) is 4.95. The molecule has 11 heteroatoms. The van der Waals surface area contributed by atoms with Crippen LogP contribution in [0.15, 0.2) is 35.4 Å². The number of urea groups is 1. The Morgan fingerprint density at radius 3 is 2.68 bits per heavy atom. The van der Waals surface area contributed by atoms with Crippen LogP contribution in [0.3, 0.4) is 0 Å². The summed E-state index contributed by atoms with van der Waals surface area (Å²) >= 11 is 6.00. The number of nitrogens with two attached hydrogens (primary N) is 1. The third kappa shape index (κ3) is 4.95. The highest BCUT2D eigenvalue weighted by atomic mass is 35.5. The lowest BCUT2D eigenvalue weighted by molar-refractivity contribution is 0.253. The van der Waals surface area contributed by atoms with E-state index in [-0.39, 0.29) is 16.5 Å². The average molecular weight is 386 g/mol. The first-order valence-corrected chi connectivity index (χ1v) is 8.79. The molecule has 1 heterocycles. The van der Waals surface area contributed by atoms with Crippen LogP contribution in [-0.4, -0.2) is 26.5 Å². The van der Waals surface area contributed by atoms with Crippen LogP contribution in [0.1, 0.15) is 5.56 Å². The number of rotatable bonds is 5. The Balaban J connectivity index is 2.08. The Morgan fingerprint density at radius 1 is 1.32 bits per heavy atom. The molecule has 0 saturated carbocycles. The number of aromatic nitrogens is 1. The van der Waals surface area contributed by atoms with Crippen LogP contribution < -0.4 is 26.0 Å². The van der Waals surface area contributed by atoms with Crippen molar-refractivity contribution in [2.45, 2.75) is 11.8 Å². The summed E-state index contributed by atoms with van der Waals surface area (Å²) < 4.78 is 27.6. The zero-order valence-electron chi connectivity index (χ0n) is 13.3. The number of aryl methyl sites for hydroxylation is 1. The molecule has 1 aromatic carbocycles. The number of hydrazine groups is 1. The van der Waals surface area contributed by atoms with Crippen LogP contribution >= 0.6 is 11.6 Å². The normalized spacial score (nSPS) is 10.9. The number of hydrogen-bond acceptors (Lipinski definition) is 6. The Morgan fingerprint density at radius 2 is 2.04 bits per heavy atom. The van der Waals surface area contributed by atoms with Gasteiger partial charge >= 0.3 is 6.03 Å². The number of nitrogens with zero attached hydrogens (tertiary/aromatic N) is 1. The summed E-state index contributed by atoms with van der Waals surface area (Å²) in [6.07, 6.45) is 1.04. The zero-order chi connectivity index (χ0) is 18.6. The molecule has 0 atom stereocenters. The standard InChI is InChI=1S/C14H16ClN5O4S/c1-8-3-4-10(15)11(5-8)18-14(21)20-19-13-12(24-2)6-9(7-17-13)25(16,22)23/h3-7H,1-2H3,(H,17,19)(H2,16,22,23)(H2,18,20,21). The van der Waals surface area contributed by atoms with E-state index in [0.717, 1.165) is 11.8 Å². The summed E-state index contributed by atoms with van der Waals surface area (Å²) in [6.45, 7) is 1.86. The maximum Gasteiger partial charge on any atom is 0.337 e. The van der Waals surface area contributed by atoms with Crippen molar-refractivity contribution in [1.82, 2.24) is 10.4 Å². The van der Waals surface area contributed by atoms with E-state index in [9.17, 15) is 13.2 Å². The summed E-state index contributed by atoms with van der Waals surface area (Å²) in [7, 11) is -2.60. The van der Waals surface area contributed by atoms with Gasteiger partial charge in [-0.05, 0) is 24.6 Å². The molecule has 0 aliphatic rings. The van der Waals surface area contributed by atoms with Crippen LogP contribution in [0.4, 0.5) is 16.3 Å². The fourth-order valence-corrected chi connectivity index (χ4v) is 2.47. The molecule has 5 N–H and O–H groups in total. The molecule has 2 rings (SSSR count). The van der Waals surface area contributed by atoms with Crippen LogP contribution in [0, 0.1) is 6.92 Å². The first-order chi connectivity index (χ1) is 11.7. The molecule has 0 radical (unpaired) electrons. The molecular formula is C14H16ClN5O4S. The molecule has 2 aromatic rings. The Labute approximate surface area is 149 Å². The molecule has 0 aliphatic heterocycles. The summed E-state index contributed by atoms with van der Waals surface area (Å²) in [5.74, 6) is 0.181. The van der Waals surface area contributed by atoms with E-state index in [4.69, 9.17) is 21.5 Å². The van der Waals surface area contributed by atoms with Crippen LogP contribution in [-0.2, 0) is 10.0 Å². The molecule has 1 aromatic heterocycles. The largest absolute Gasteiger partial charge is 0.493 e. The summed E-state index contributed by atoms with van der Waals surface area (Å²) in [4.78, 5) is 15.6. The number of anilines is 2. The van der Waals surface area contributed by atoms with Gasteiger partial charge in [-0.2, -0.15) is 0 Å². The number of sulfonamides is 1. The minimum atomic E-state index is -3.92. The number of amides is 2. The fraction of sp³-hybridized carbons (Fsp3) is 0.143.